The lowest BCUT2D eigenvalue weighted by Crippen LogP contribution is -2.55. The predicted molar refractivity (Wildman–Crippen MR) is 115 cm³/mol. The number of aryl methyl sites for hydroxylation is 1. The first-order chi connectivity index (χ1) is 14.5. The molecular formula is C23H32N4O3. The van der Waals surface area contributed by atoms with Gasteiger partial charge in [0.05, 0.1) is 6.54 Å². The van der Waals surface area contributed by atoms with E-state index < -0.39 is 5.60 Å². The van der Waals surface area contributed by atoms with Gasteiger partial charge in [0.2, 0.25) is 0 Å². The van der Waals surface area contributed by atoms with E-state index in [1.54, 1.807) is 0 Å². The maximum atomic E-state index is 12.7. The second-order valence-electron chi connectivity index (χ2n) is 8.97. The number of urea groups is 1. The topological polar surface area (TPSA) is 83.0 Å². The maximum absolute atomic E-state index is 12.7. The number of benzene rings is 1. The quantitative estimate of drug-likeness (QED) is 0.796. The molecule has 1 aromatic rings. The number of carbonyl (C=O) groups is 2. The molecule has 1 aromatic carbocycles. The summed E-state index contributed by atoms with van der Waals surface area (Å²) in [5.74, 6) is -0.198. The smallest absolute Gasteiger partial charge is 0.317 e. The lowest BCUT2D eigenvalue weighted by atomic mass is 9.88. The Balaban J connectivity index is 1.28. The molecule has 2 aliphatic heterocycles. The molecule has 7 heteroatoms. The van der Waals surface area contributed by atoms with Crippen LogP contribution in [-0.4, -0.2) is 47.3 Å². The number of hydrogen-bond acceptors (Lipinski definition) is 4. The van der Waals surface area contributed by atoms with Gasteiger partial charge in [-0.15, -0.1) is 0 Å². The summed E-state index contributed by atoms with van der Waals surface area (Å²) in [6.45, 7) is 3.69. The van der Waals surface area contributed by atoms with Gasteiger partial charge in [0.15, 0.2) is 5.60 Å². The van der Waals surface area contributed by atoms with Crippen LogP contribution in [0, 0.1) is 6.92 Å². The molecule has 3 aliphatic rings. The number of likely N-dealkylation sites (tertiary alicyclic amines) is 1. The van der Waals surface area contributed by atoms with Crippen molar-refractivity contribution in [2.24, 2.45) is 5.16 Å². The van der Waals surface area contributed by atoms with Crippen molar-refractivity contribution in [3.8, 4) is 0 Å². The van der Waals surface area contributed by atoms with Crippen molar-refractivity contribution in [1.82, 2.24) is 15.5 Å². The van der Waals surface area contributed by atoms with Crippen molar-refractivity contribution < 1.29 is 14.4 Å². The molecule has 1 spiro atoms. The average molecular weight is 413 g/mol. The highest BCUT2D eigenvalue weighted by Gasteiger charge is 2.45. The first-order valence-electron chi connectivity index (χ1n) is 11.2. The zero-order valence-corrected chi connectivity index (χ0v) is 17.8. The summed E-state index contributed by atoms with van der Waals surface area (Å²) in [5, 5.41) is 10.2. The number of piperidine rings is 1. The van der Waals surface area contributed by atoms with E-state index in [1.807, 2.05) is 36.1 Å². The third-order valence-corrected chi connectivity index (χ3v) is 6.43. The molecule has 1 aliphatic carbocycles. The van der Waals surface area contributed by atoms with Gasteiger partial charge in [0, 0.05) is 25.6 Å². The minimum Gasteiger partial charge on any atom is -0.386 e. The molecule has 1 atom stereocenters. The first-order valence-corrected chi connectivity index (χ1v) is 11.2. The Labute approximate surface area is 178 Å². The van der Waals surface area contributed by atoms with E-state index in [0.717, 1.165) is 37.8 Å². The summed E-state index contributed by atoms with van der Waals surface area (Å²) < 4.78 is 0. The Morgan fingerprint density at radius 1 is 1.17 bits per heavy atom. The molecular weight excluding hydrogens is 380 g/mol. The molecule has 0 bridgehead atoms. The maximum Gasteiger partial charge on any atom is 0.317 e. The Bertz CT molecular complexity index is 801. The van der Waals surface area contributed by atoms with E-state index in [1.165, 1.54) is 24.8 Å². The number of rotatable bonds is 4. The van der Waals surface area contributed by atoms with Crippen LogP contribution in [0.15, 0.2) is 29.4 Å². The highest BCUT2D eigenvalue weighted by molar-refractivity contribution is 6.39. The van der Waals surface area contributed by atoms with Gasteiger partial charge in [-0.3, -0.25) is 4.79 Å². The molecule has 2 fully saturated rings. The Kier molecular flexibility index (Phi) is 6.25. The fourth-order valence-electron chi connectivity index (χ4n) is 4.64. The highest BCUT2D eigenvalue weighted by Crippen LogP contribution is 2.33. The summed E-state index contributed by atoms with van der Waals surface area (Å²) in [6, 6.07) is 8.35. The van der Waals surface area contributed by atoms with E-state index >= 15 is 0 Å². The van der Waals surface area contributed by atoms with Crippen LogP contribution in [0.25, 0.3) is 0 Å². The Morgan fingerprint density at radius 3 is 2.70 bits per heavy atom. The van der Waals surface area contributed by atoms with Gasteiger partial charge < -0.3 is 20.4 Å². The fourth-order valence-corrected chi connectivity index (χ4v) is 4.64. The number of carbonyl (C=O) groups excluding carboxylic acids is 2. The summed E-state index contributed by atoms with van der Waals surface area (Å²) in [4.78, 5) is 32.9. The highest BCUT2D eigenvalue weighted by atomic mass is 16.7. The second kappa shape index (κ2) is 9.06. The molecule has 1 unspecified atom stereocenters. The number of amides is 3. The van der Waals surface area contributed by atoms with Crippen LogP contribution >= 0.6 is 0 Å². The van der Waals surface area contributed by atoms with Crippen LogP contribution in [0.1, 0.15) is 62.5 Å². The SMILES string of the molecule is Cc1ccc(CNC(=O)C2=NOC3(CCCN(C(=O)NC4CCCCC4)C3)C2)cc1. The van der Waals surface area contributed by atoms with Crippen molar-refractivity contribution in [3.05, 3.63) is 35.4 Å². The third kappa shape index (κ3) is 4.94. The second-order valence-corrected chi connectivity index (χ2v) is 8.97. The number of oxime groups is 1. The van der Waals surface area contributed by atoms with Crippen molar-refractivity contribution >= 4 is 17.6 Å². The van der Waals surface area contributed by atoms with Crippen molar-refractivity contribution in [1.29, 1.82) is 0 Å². The van der Waals surface area contributed by atoms with Gasteiger partial charge in [0.25, 0.3) is 5.91 Å². The molecule has 0 aromatic heterocycles. The summed E-state index contributed by atoms with van der Waals surface area (Å²) >= 11 is 0. The molecule has 1 saturated heterocycles. The zero-order chi connectivity index (χ0) is 21.0. The summed E-state index contributed by atoms with van der Waals surface area (Å²) in [7, 11) is 0. The average Bonchev–Trinajstić information content (AvgIpc) is 3.17. The molecule has 1 saturated carbocycles. The van der Waals surface area contributed by atoms with Gasteiger partial charge in [0.1, 0.15) is 5.71 Å². The predicted octanol–water partition coefficient (Wildman–Crippen LogP) is 3.26. The molecule has 30 heavy (non-hydrogen) atoms. The standard InChI is InChI=1S/C23H32N4O3/c1-17-8-10-18(11-9-17)15-24-21(28)20-14-23(30-26-20)12-5-13-27(16-23)22(29)25-19-6-3-2-4-7-19/h8-11,19H,2-7,12-16H2,1H3,(H,24,28)(H,25,29). The lowest BCUT2D eigenvalue weighted by Gasteiger charge is -2.39. The molecule has 0 radical (unpaired) electrons. The van der Waals surface area contributed by atoms with Gasteiger partial charge in [-0.2, -0.15) is 0 Å². The summed E-state index contributed by atoms with van der Waals surface area (Å²) in [6.07, 6.45) is 7.87. The van der Waals surface area contributed by atoms with Crippen LogP contribution in [0.4, 0.5) is 4.79 Å². The normalized spacial score (nSPS) is 24.3. The van der Waals surface area contributed by atoms with Crippen LogP contribution in [0.3, 0.4) is 0 Å². The number of hydrogen-bond donors (Lipinski definition) is 2. The van der Waals surface area contributed by atoms with Crippen LogP contribution in [0.2, 0.25) is 0 Å². The van der Waals surface area contributed by atoms with Crippen LogP contribution in [-0.2, 0) is 16.2 Å². The van der Waals surface area contributed by atoms with Crippen LogP contribution in [0.5, 0.6) is 0 Å². The first kappa shape index (κ1) is 20.7. The minimum absolute atomic E-state index is 0.0122. The van der Waals surface area contributed by atoms with Gasteiger partial charge in [-0.1, -0.05) is 54.2 Å². The zero-order valence-electron chi connectivity index (χ0n) is 17.8. The molecule has 2 heterocycles. The van der Waals surface area contributed by atoms with Crippen molar-refractivity contribution in [2.75, 3.05) is 13.1 Å². The van der Waals surface area contributed by atoms with Gasteiger partial charge in [-0.25, -0.2) is 4.79 Å². The van der Waals surface area contributed by atoms with E-state index in [9.17, 15) is 9.59 Å². The monoisotopic (exact) mass is 412 g/mol. The number of nitrogens with one attached hydrogen (secondary N) is 2. The van der Waals surface area contributed by atoms with Crippen molar-refractivity contribution in [2.45, 2.75) is 76.5 Å². The minimum atomic E-state index is -0.571. The third-order valence-electron chi connectivity index (χ3n) is 6.43. The van der Waals surface area contributed by atoms with Gasteiger partial charge in [-0.05, 0) is 38.2 Å². The van der Waals surface area contributed by atoms with Crippen molar-refractivity contribution in [3.63, 3.8) is 0 Å². The Hall–Kier alpha value is -2.57. The lowest BCUT2D eigenvalue weighted by molar-refractivity contribution is -0.115. The number of nitrogens with zero attached hydrogens (tertiary/aromatic N) is 2. The van der Waals surface area contributed by atoms with E-state index in [2.05, 4.69) is 15.8 Å². The van der Waals surface area contributed by atoms with Gasteiger partial charge >= 0.3 is 6.03 Å². The summed E-state index contributed by atoms with van der Waals surface area (Å²) in [5.41, 5.74) is 2.08. The molecule has 7 nitrogen and oxygen atoms in total. The Morgan fingerprint density at radius 2 is 1.93 bits per heavy atom. The molecule has 3 amide bonds. The van der Waals surface area contributed by atoms with Crippen LogP contribution < -0.4 is 10.6 Å². The van der Waals surface area contributed by atoms with E-state index in [-0.39, 0.29) is 18.0 Å². The molecule has 2 N–H and O–H groups in total. The fraction of sp³-hybridized carbons (Fsp3) is 0.609. The van der Waals surface area contributed by atoms with E-state index in [4.69, 9.17) is 4.84 Å². The molecule has 162 valence electrons. The molecule has 4 rings (SSSR count). The largest absolute Gasteiger partial charge is 0.386 e. The van der Waals surface area contributed by atoms with E-state index in [0.29, 0.717) is 25.2 Å².